The van der Waals surface area contributed by atoms with Crippen LogP contribution in [0.4, 0.5) is 20.7 Å². The van der Waals surface area contributed by atoms with Gasteiger partial charge < -0.3 is 10.2 Å². The number of carbonyl (C=O) groups excluding carboxylic acids is 1. The Morgan fingerprint density at radius 2 is 2.08 bits per heavy atom. The molecule has 130 valence electrons. The lowest BCUT2D eigenvalue weighted by Gasteiger charge is -2.19. The van der Waals surface area contributed by atoms with Crippen LogP contribution in [0.5, 0.6) is 0 Å². The standard InChI is InChI=1S/C18H18ClFN4O/c1-3-24(4-2)18(25)22-13-5-6-15(20)14(9-13)16-8-11-7-12(19)10-21-17(11)23-16/h5-7,9-10H,3-4,8H2,1-2H3,(H,22,25). The number of urea groups is 1. The average molecular weight is 361 g/mol. The highest BCUT2D eigenvalue weighted by Crippen LogP contribution is 2.30. The Hall–Kier alpha value is -2.47. The van der Waals surface area contributed by atoms with Crippen LogP contribution >= 0.6 is 11.6 Å². The van der Waals surface area contributed by atoms with E-state index in [4.69, 9.17) is 11.6 Å². The van der Waals surface area contributed by atoms with Gasteiger partial charge in [-0.15, -0.1) is 0 Å². The van der Waals surface area contributed by atoms with Crippen LogP contribution in [0, 0.1) is 5.82 Å². The molecule has 0 saturated carbocycles. The van der Waals surface area contributed by atoms with Crippen LogP contribution in [0.25, 0.3) is 0 Å². The first-order chi connectivity index (χ1) is 12.0. The van der Waals surface area contributed by atoms with Gasteiger partial charge in [-0.2, -0.15) is 0 Å². The number of halogens is 2. The van der Waals surface area contributed by atoms with Gasteiger partial charge in [0.25, 0.3) is 0 Å². The van der Waals surface area contributed by atoms with Crippen LogP contribution in [0.2, 0.25) is 5.02 Å². The smallest absolute Gasteiger partial charge is 0.321 e. The Bertz CT molecular complexity index is 849. The van der Waals surface area contributed by atoms with E-state index >= 15 is 0 Å². The normalized spacial score (nSPS) is 12.6. The van der Waals surface area contributed by atoms with Gasteiger partial charge in [0.1, 0.15) is 5.82 Å². The number of aliphatic imine (C=N–C) groups is 1. The van der Waals surface area contributed by atoms with E-state index in [1.165, 1.54) is 18.3 Å². The summed E-state index contributed by atoms with van der Waals surface area (Å²) in [6.07, 6.45) is 1.97. The maximum atomic E-state index is 14.3. The highest BCUT2D eigenvalue weighted by molar-refractivity contribution is 6.30. The highest BCUT2D eigenvalue weighted by atomic mass is 35.5. The summed E-state index contributed by atoms with van der Waals surface area (Å²) in [5, 5.41) is 3.32. The van der Waals surface area contributed by atoms with Crippen LogP contribution in [0.3, 0.4) is 0 Å². The third kappa shape index (κ3) is 3.64. The Labute approximate surface area is 150 Å². The second-order valence-electron chi connectivity index (χ2n) is 5.67. The molecule has 1 aromatic heterocycles. The monoisotopic (exact) mass is 360 g/mol. The number of benzene rings is 1. The van der Waals surface area contributed by atoms with Gasteiger partial charge in [0, 0.05) is 42.5 Å². The summed E-state index contributed by atoms with van der Waals surface area (Å²) in [6.45, 7) is 5.01. The van der Waals surface area contributed by atoms with Gasteiger partial charge in [-0.25, -0.2) is 19.2 Å². The Morgan fingerprint density at radius 3 is 2.80 bits per heavy atom. The van der Waals surface area contributed by atoms with Crippen molar-refractivity contribution in [1.82, 2.24) is 9.88 Å². The number of nitrogens with one attached hydrogen (secondary N) is 1. The average Bonchev–Trinajstić information content (AvgIpc) is 3.00. The van der Waals surface area contributed by atoms with Crippen molar-refractivity contribution in [2.45, 2.75) is 20.3 Å². The Balaban J connectivity index is 1.85. The van der Waals surface area contributed by atoms with E-state index < -0.39 is 5.82 Å². The van der Waals surface area contributed by atoms with Crippen LogP contribution < -0.4 is 5.32 Å². The number of rotatable bonds is 4. The van der Waals surface area contributed by atoms with E-state index in [-0.39, 0.29) is 6.03 Å². The van der Waals surface area contributed by atoms with Crippen molar-refractivity contribution in [1.29, 1.82) is 0 Å². The number of anilines is 1. The highest BCUT2D eigenvalue weighted by Gasteiger charge is 2.21. The fourth-order valence-electron chi connectivity index (χ4n) is 2.75. The van der Waals surface area contributed by atoms with Crippen LogP contribution in [-0.2, 0) is 6.42 Å². The molecule has 1 N–H and O–H groups in total. The van der Waals surface area contributed by atoms with E-state index in [1.54, 1.807) is 17.0 Å². The first kappa shape index (κ1) is 17.4. The van der Waals surface area contributed by atoms with E-state index in [9.17, 15) is 9.18 Å². The number of amides is 2. The topological polar surface area (TPSA) is 57.6 Å². The van der Waals surface area contributed by atoms with Gasteiger partial charge in [-0.05, 0) is 38.1 Å². The van der Waals surface area contributed by atoms with Crippen LogP contribution in [0.15, 0.2) is 35.5 Å². The van der Waals surface area contributed by atoms with Gasteiger partial charge in [-0.1, -0.05) is 11.6 Å². The first-order valence-electron chi connectivity index (χ1n) is 8.09. The van der Waals surface area contributed by atoms with Crippen molar-refractivity contribution in [2.75, 3.05) is 18.4 Å². The molecule has 1 aliphatic rings. The Kier molecular flexibility index (Phi) is 4.99. The zero-order chi connectivity index (χ0) is 18.0. The number of pyridine rings is 1. The van der Waals surface area contributed by atoms with Crippen molar-refractivity contribution in [3.63, 3.8) is 0 Å². The van der Waals surface area contributed by atoms with Gasteiger partial charge in [-0.3, -0.25) is 0 Å². The lowest BCUT2D eigenvalue weighted by atomic mass is 10.0. The van der Waals surface area contributed by atoms with Gasteiger partial charge in [0.2, 0.25) is 0 Å². The van der Waals surface area contributed by atoms with E-state index in [0.29, 0.717) is 47.3 Å². The molecule has 25 heavy (non-hydrogen) atoms. The third-order valence-corrected chi connectivity index (χ3v) is 4.29. The zero-order valence-electron chi connectivity index (χ0n) is 14.0. The molecule has 0 bridgehead atoms. The van der Waals surface area contributed by atoms with Gasteiger partial charge >= 0.3 is 6.03 Å². The van der Waals surface area contributed by atoms with Crippen molar-refractivity contribution in [3.05, 3.63) is 52.4 Å². The molecule has 1 aliphatic heterocycles. The second-order valence-corrected chi connectivity index (χ2v) is 6.11. The largest absolute Gasteiger partial charge is 0.325 e. The molecule has 2 aromatic rings. The van der Waals surface area contributed by atoms with Crippen LogP contribution in [-0.4, -0.2) is 34.7 Å². The molecule has 3 rings (SSSR count). The van der Waals surface area contributed by atoms with Gasteiger partial charge in [0.05, 0.1) is 10.7 Å². The molecule has 0 fully saturated rings. The summed E-state index contributed by atoms with van der Waals surface area (Å²) in [5.41, 5.74) is 2.31. The zero-order valence-corrected chi connectivity index (χ0v) is 14.8. The molecule has 0 radical (unpaired) electrons. The SMILES string of the molecule is CCN(CC)C(=O)Nc1ccc(F)c(C2=Nc3ncc(Cl)cc3C2)c1. The lowest BCUT2D eigenvalue weighted by molar-refractivity contribution is 0.217. The molecule has 1 aromatic carbocycles. The fraction of sp³-hybridized carbons (Fsp3) is 0.278. The molecule has 0 spiro atoms. The lowest BCUT2D eigenvalue weighted by Crippen LogP contribution is -2.34. The molecule has 0 unspecified atom stereocenters. The fourth-order valence-corrected chi connectivity index (χ4v) is 2.93. The summed E-state index contributed by atoms with van der Waals surface area (Å²) in [7, 11) is 0. The second kappa shape index (κ2) is 7.19. The third-order valence-electron chi connectivity index (χ3n) is 4.09. The minimum Gasteiger partial charge on any atom is -0.325 e. The maximum absolute atomic E-state index is 14.3. The quantitative estimate of drug-likeness (QED) is 0.877. The number of nitrogens with zero attached hydrogens (tertiary/aromatic N) is 3. The summed E-state index contributed by atoms with van der Waals surface area (Å²) in [5.74, 6) is 0.162. The minimum atomic E-state index is -0.390. The molecule has 2 amide bonds. The predicted molar refractivity (Wildman–Crippen MR) is 97.5 cm³/mol. The molecule has 0 atom stereocenters. The molecule has 0 aliphatic carbocycles. The van der Waals surface area contributed by atoms with Crippen molar-refractivity contribution in [3.8, 4) is 0 Å². The summed E-state index contributed by atoms with van der Waals surface area (Å²) >= 11 is 5.95. The van der Waals surface area contributed by atoms with E-state index in [1.807, 2.05) is 13.8 Å². The maximum Gasteiger partial charge on any atom is 0.321 e. The molecular formula is C18H18ClFN4O. The van der Waals surface area contributed by atoms with Crippen molar-refractivity contribution < 1.29 is 9.18 Å². The number of aromatic nitrogens is 1. The van der Waals surface area contributed by atoms with Gasteiger partial charge in [0.15, 0.2) is 5.82 Å². The Morgan fingerprint density at radius 1 is 1.32 bits per heavy atom. The number of hydrogen-bond donors (Lipinski definition) is 1. The first-order valence-corrected chi connectivity index (χ1v) is 8.47. The molecule has 7 heteroatoms. The molecule has 0 saturated heterocycles. The number of hydrogen-bond acceptors (Lipinski definition) is 3. The number of fused-ring (bicyclic) bond motifs is 1. The van der Waals surface area contributed by atoms with Crippen LogP contribution in [0.1, 0.15) is 25.0 Å². The number of carbonyl (C=O) groups is 1. The summed E-state index contributed by atoms with van der Waals surface area (Å²) in [4.78, 5) is 22.4. The molecular weight excluding hydrogens is 343 g/mol. The molecule has 2 heterocycles. The predicted octanol–water partition coefficient (Wildman–Crippen LogP) is 4.42. The summed E-state index contributed by atoms with van der Waals surface area (Å²) < 4.78 is 14.3. The van der Waals surface area contributed by atoms with Crippen molar-refractivity contribution in [2.24, 2.45) is 4.99 Å². The van der Waals surface area contributed by atoms with E-state index in [0.717, 1.165) is 5.56 Å². The summed E-state index contributed by atoms with van der Waals surface area (Å²) in [6, 6.07) is 6.04. The van der Waals surface area contributed by atoms with E-state index in [2.05, 4.69) is 15.3 Å². The minimum absolute atomic E-state index is 0.215. The molecule has 5 nitrogen and oxygen atoms in total. The van der Waals surface area contributed by atoms with Crippen molar-refractivity contribution >= 4 is 34.8 Å².